The maximum atomic E-state index is 12.9. The van der Waals surface area contributed by atoms with Crippen molar-refractivity contribution in [3.63, 3.8) is 0 Å². The molecule has 8 heteroatoms. The molecule has 27 heavy (non-hydrogen) atoms. The number of nitrogens with one attached hydrogen (secondary N) is 1. The number of rotatable bonds is 6. The van der Waals surface area contributed by atoms with E-state index in [-0.39, 0.29) is 11.8 Å². The summed E-state index contributed by atoms with van der Waals surface area (Å²) < 4.78 is 10.5. The summed E-state index contributed by atoms with van der Waals surface area (Å²) in [5.74, 6) is -1.38. The number of benzene rings is 1. The molecule has 2 amide bonds. The van der Waals surface area contributed by atoms with Gasteiger partial charge in [-0.1, -0.05) is 18.2 Å². The third-order valence-corrected chi connectivity index (χ3v) is 6.21. The Kier molecular flexibility index (Phi) is 5.48. The van der Waals surface area contributed by atoms with Crippen molar-refractivity contribution >= 4 is 29.5 Å². The highest BCUT2D eigenvalue weighted by atomic mass is 32.2. The average molecular weight is 392 g/mol. The Balaban J connectivity index is 2.16. The molecule has 2 aliphatic rings. The van der Waals surface area contributed by atoms with Crippen LogP contribution < -0.4 is 10.1 Å². The Morgan fingerprint density at radius 1 is 1.26 bits per heavy atom. The van der Waals surface area contributed by atoms with Gasteiger partial charge in [-0.15, -0.1) is 0 Å². The van der Waals surface area contributed by atoms with Crippen molar-refractivity contribution in [1.29, 1.82) is 0 Å². The monoisotopic (exact) mass is 392 g/mol. The molecule has 0 saturated carbocycles. The average Bonchev–Trinajstić information content (AvgIpc) is 3.15. The maximum absolute atomic E-state index is 12.9. The number of thioether (sulfide) groups is 1. The number of carbonyl (C=O) groups is 3. The Morgan fingerprint density at radius 3 is 2.59 bits per heavy atom. The second-order valence-corrected chi connectivity index (χ2v) is 7.79. The van der Waals surface area contributed by atoms with Gasteiger partial charge in [0, 0.05) is 18.7 Å². The fourth-order valence-electron chi connectivity index (χ4n) is 4.30. The molecule has 1 aromatic carbocycles. The van der Waals surface area contributed by atoms with Crippen LogP contribution in [0.15, 0.2) is 24.3 Å². The van der Waals surface area contributed by atoms with Crippen molar-refractivity contribution in [3.05, 3.63) is 29.8 Å². The maximum Gasteiger partial charge on any atom is 0.326 e. The van der Waals surface area contributed by atoms with Crippen molar-refractivity contribution < 1.29 is 23.9 Å². The lowest BCUT2D eigenvalue weighted by Crippen LogP contribution is -2.56. The van der Waals surface area contributed by atoms with E-state index in [1.54, 1.807) is 24.9 Å². The standard InChI is InChI=1S/C19H24N2O5S/c1-21-16(22)13-14(17(21)23)19(9-10-27-4,18(24)26-3)20-15(13)11-7-5-6-8-12(11)25-2/h5-8,13-15,20H,9-10H2,1-4H3/t13-,14+,15-,19-/m1/s1. The van der Waals surface area contributed by atoms with Gasteiger partial charge in [0.05, 0.1) is 26.1 Å². The molecule has 0 unspecified atom stereocenters. The van der Waals surface area contributed by atoms with Gasteiger partial charge in [-0.05, 0) is 24.5 Å². The summed E-state index contributed by atoms with van der Waals surface area (Å²) >= 11 is 1.57. The molecule has 2 fully saturated rings. The highest BCUT2D eigenvalue weighted by Gasteiger charge is 2.68. The van der Waals surface area contributed by atoms with Crippen molar-refractivity contribution in [2.45, 2.75) is 18.0 Å². The third-order valence-electron chi connectivity index (χ3n) is 5.60. The summed E-state index contributed by atoms with van der Waals surface area (Å²) in [6, 6.07) is 6.82. The summed E-state index contributed by atoms with van der Waals surface area (Å²) in [5.41, 5.74) is -0.493. The van der Waals surface area contributed by atoms with Gasteiger partial charge < -0.3 is 9.47 Å². The number of ether oxygens (including phenoxy) is 2. The van der Waals surface area contributed by atoms with E-state index in [4.69, 9.17) is 9.47 Å². The molecule has 3 rings (SSSR count). The number of amides is 2. The largest absolute Gasteiger partial charge is 0.496 e. The highest BCUT2D eigenvalue weighted by molar-refractivity contribution is 7.98. The number of nitrogens with zero attached hydrogens (tertiary/aromatic N) is 1. The zero-order chi connectivity index (χ0) is 19.8. The first-order valence-electron chi connectivity index (χ1n) is 8.72. The second-order valence-electron chi connectivity index (χ2n) is 6.81. The van der Waals surface area contributed by atoms with Crippen molar-refractivity contribution in [2.24, 2.45) is 11.8 Å². The predicted octanol–water partition coefficient (Wildman–Crippen LogP) is 1.24. The van der Waals surface area contributed by atoms with Crippen LogP contribution in [0.25, 0.3) is 0 Å². The number of imide groups is 1. The number of likely N-dealkylation sites (tertiary alicyclic amines) is 1. The van der Waals surface area contributed by atoms with Gasteiger partial charge in [-0.25, -0.2) is 0 Å². The fourth-order valence-corrected chi connectivity index (χ4v) is 4.83. The van der Waals surface area contributed by atoms with Crippen molar-refractivity contribution in [1.82, 2.24) is 10.2 Å². The quantitative estimate of drug-likeness (QED) is 0.576. The van der Waals surface area contributed by atoms with E-state index in [0.29, 0.717) is 17.9 Å². The molecule has 2 saturated heterocycles. The molecular formula is C19H24N2O5S. The minimum absolute atomic E-state index is 0.289. The van der Waals surface area contributed by atoms with Crippen LogP contribution in [0, 0.1) is 11.8 Å². The Labute approximate surface area is 162 Å². The lowest BCUT2D eigenvalue weighted by atomic mass is 9.77. The SMILES string of the molecule is COC(=O)[C@]1(CCSC)N[C@H](c2ccccc2OC)[C@@H]2C(=O)N(C)C(=O)[C@H]21. The Bertz CT molecular complexity index is 770. The molecule has 0 radical (unpaired) electrons. The van der Waals surface area contributed by atoms with E-state index in [9.17, 15) is 14.4 Å². The van der Waals surface area contributed by atoms with E-state index in [1.807, 2.05) is 24.5 Å². The molecule has 2 heterocycles. The normalized spacial score (nSPS) is 29.8. The number of carbonyl (C=O) groups excluding carboxylic acids is 3. The first kappa shape index (κ1) is 19.7. The van der Waals surface area contributed by atoms with Crippen LogP contribution >= 0.6 is 11.8 Å². The van der Waals surface area contributed by atoms with E-state index >= 15 is 0 Å². The lowest BCUT2D eigenvalue weighted by Gasteiger charge is -2.32. The third kappa shape index (κ3) is 2.91. The molecule has 146 valence electrons. The van der Waals surface area contributed by atoms with Gasteiger partial charge in [0.25, 0.3) is 0 Å². The fraction of sp³-hybridized carbons (Fsp3) is 0.526. The molecule has 0 aliphatic carbocycles. The number of methoxy groups -OCH3 is 2. The van der Waals surface area contributed by atoms with Gasteiger partial charge in [0.15, 0.2) is 0 Å². The number of esters is 1. The Hall–Kier alpha value is -2.06. The van der Waals surface area contributed by atoms with Crippen LogP contribution in [0.5, 0.6) is 5.75 Å². The van der Waals surface area contributed by atoms with Crippen LogP contribution in [0.3, 0.4) is 0 Å². The number of hydrogen-bond acceptors (Lipinski definition) is 7. The van der Waals surface area contributed by atoms with Gasteiger partial charge in [0.2, 0.25) is 11.8 Å². The predicted molar refractivity (Wildman–Crippen MR) is 101 cm³/mol. The first-order chi connectivity index (χ1) is 12.9. The minimum atomic E-state index is -1.24. The van der Waals surface area contributed by atoms with Gasteiger partial charge in [-0.3, -0.25) is 24.6 Å². The van der Waals surface area contributed by atoms with Crippen molar-refractivity contribution in [3.8, 4) is 5.75 Å². The zero-order valence-electron chi connectivity index (χ0n) is 15.9. The van der Waals surface area contributed by atoms with E-state index in [2.05, 4.69) is 5.32 Å². The van der Waals surface area contributed by atoms with Gasteiger partial charge in [-0.2, -0.15) is 11.8 Å². The summed E-state index contributed by atoms with van der Waals surface area (Å²) in [6.45, 7) is 0. The summed E-state index contributed by atoms with van der Waals surface area (Å²) in [7, 11) is 4.33. The molecule has 1 aromatic rings. The van der Waals surface area contributed by atoms with Crippen LogP contribution in [0.1, 0.15) is 18.0 Å². The lowest BCUT2D eigenvalue weighted by molar-refractivity contribution is -0.154. The summed E-state index contributed by atoms with van der Waals surface area (Å²) in [5, 5.41) is 3.33. The summed E-state index contributed by atoms with van der Waals surface area (Å²) in [6.07, 6.45) is 2.32. The number of hydrogen-bond donors (Lipinski definition) is 1. The van der Waals surface area contributed by atoms with Crippen LogP contribution in [0.4, 0.5) is 0 Å². The van der Waals surface area contributed by atoms with Crippen LogP contribution in [0.2, 0.25) is 0 Å². The first-order valence-corrected chi connectivity index (χ1v) is 10.1. The van der Waals surface area contributed by atoms with Crippen LogP contribution in [-0.4, -0.2) is 61.5 Å². The smallest absolute Gasteiger partial charge is 0.326 e. The second kappa shape index (κ2) is 7.52. The van der Waals surface area contributed by atoms with Crippen LogP contribution in [-0.2, 0) is 19.1 Å². The molecule has 1 N–H and O–H groups in total. The zero-order valence-corrected chi connectivity index (χ0v) is 16.7. The number of fused-ring (bicyclic) bond motifs is 1. The van der Waals surface area contributed by atoms with E-state index in [0.717, 1.165) is 10.5 Å². The van der Waals surface area contributed by atoms with Crippen molar-refractivity contribution in [2.75, 3.05) is 33.3 Å². The molecule has 7 nitrogen and oxygen atoms in total. The molecule has 2 aliphatic heterocycles. The van der Waals surface area contributed by atoms with Gasteiger partial charge in [0.1, 0.15) is 11.3 Å². The van der Waals surface area contributed by atoms with E-state index < -0.39 is 29.4 Å². The minimum Gasteiger partial charge on any atom is -0.496 e. The number of para-hydroxylation sites is 1. The molecule has 4 atom stereocenters. The van der Waals surface area contributed by atoms with Gasteiger partial charge >= 0.3 is 5.97 Å². The molecular weight excluding hydrogens is 368 g/mol. The van der Waals surface area contributed by atoms with E-state index in [1.165, 1.54) is 14.2 Å². The molecule has 0 bridgehead atoms. The Morgan fingerprint density at radius 2 is 1.96 bits per heavy atom. The highest BCUT2D eigenvalue weighted by Crippen LogP contribution is 2.51. The topological polar surface area (TPSA) is 84.9 Å². The summed E-state index contributed by atoms with van der Waals surface area (Å²) in [4.78, 5) is 39.9. The molecule has 0 aromatic heterocycles. The molecule has 0 spiro atoms.